The van der Waals surface area contributed by atoms with Gasteiger partial charge in [0.15, 0.2) is 16.2 Å². The van der Waals surface area contributed by atoms with E-state index >= 15 is 0 Å². The molecule has 1 amide bonds. The lowest BCUT2D eigenvalue weighted by Crippen LogP contribution is -2.57. The Bertz CT molecular complexity index is 1020. The van der Waals surface area contributed by atoms with Crippen molar-refractivity contribution >= 4 is 27.3 Å². The lowest BCUT2D eigenvalue weighted by Gasteiger charge is -2.39. The predicted molar refractivity (Wildman–Crippen MR) is 115 cm³/mol. The standard InChI is InChI=1S/C21H26N2O6S/c1-21(20(24)22-15-6-11-18(28-3)19(14-15)29-4)12-5-13-23(30(21,25)26)16-7-9-17(27-2)10-8-16/h6-11,14H,5,12-13H2,1-4H3,(H,22,24). The topological polar surface area (TPSA) is 94.2 Å². The van der Waals surface area contributed by atoms with Crippen LogP contribution in [0.5, 0.6) is 17.2 Å². The molecule has 8 nitrogen and oxygen atoms in total. The van der Waals surface area contributed by atoms with Crippen LogP contribution >= 0.6 is 0 Å². The first-order chi connectivity index (χ1) is 14.3. The monoisotopic (exact) mass is 434 g/mol. The lowest BCUT2D eigenvalue weighted by atomic mass is 10.0. The molecule has 1 aliphatic rings. The van der Waals surface area contributed by atoms with Crippen LogP contribution in [0.2, 0.25) is 0 Å². The number of sulfonamides is 1. The van der Waals surface area contributed by atoms with Crippen molar-refractivity contribution in [2.75, 3.05) is 37.5 Å². The van der Waals surface area contributed by atoms with Crippen LogP contribution in [0.1, 0.15) is 19.8 Å². The quantitative estimate of drug-likeness (QED) is 0.751. The number of hydrogen-bond acceptors (Lipinski definition) is 6. The van der Waals surface area contributed by atoms with E-state index in [9.17, 15) is 13.2 Å². The number of nitrogens with one attached hydrogen (secondary N) is 1. The number of carbonyl (C=O) groups is 1. The van der Waals surface area contributed by atoms with Gasteiger partial charge < -0.3 is 19.5 Å². The van der Waals surface area contributed by atoms with Crippen LogP contribution in [0.3, 0.4) is 0 Å². The molecule has 0 aromatic heterocycles. The number of rotatable bonds is 6. The first kappa shape index (κ1) is 21.8. The first-order valence-electron chi connectivity index (χ1n) is 9.46. The zero-order chi connectivity index (χ0) is 21.9. The van der Waals surface area contributed by atoms with Crippen LogP contribution in [0.4, 0.5) is 11.4 Å². The van der Waals surface area contributed by atoms with Crippen molar-refractivity contribution in [3.8, 4) is 17.2 Å². The molecule has 1 saturated heterocycles. The molecule has 30 heavy (non-hydrogen) atoms. The fraction of sp³-hybridized carbons (Fsp3) is 0.381. The minimum atomic E-state index is -3.96. The van der Waals surface area contributed by atoms with Gasteiger partial charge in [-0.2, -0.15) is 0 Å². The normalized spacial score (nSPS) is 20.3. The van der Waals surface area contributed by atoms with Gasteiger partial charge in [0.2, 0.25) is 15.9 Å². The van der Waals surface area contributed by atoms with Crippen LogP contribution in [0.15, 0.2) is 42.5 Å². The van der Waals surface area contributed by atoms with Gasteiger partial charge in [0.25, 0.3) is 0 Å². The fourth-order valence-electron chi connectivity index (χ4n) is 3.48. The molecular weight excluding hydrogens is 408 g/mol. The van der Waals surface area contributed by atoms with Crippen molar-refractivity contribution in [2.45, 2.75) is 24.5 Å². The summed E-state index contributed by atoms with van der Waals surface area (Å²) in [6.07, 6.45) is 0.780. The molecule has 3 rings (SSSR count). The Kier molecular flexibility index (Phi) is 6.12. The van der Waals surface area contributed by atoms with Gasteiger partial charge in [-0.3, -0.25) is 9.10 Å². The summed E-state index contributed by atoms with van der Waals surface area (Å²) in [4.78, 5) is 13.1. The van der Waals surface area contributed by atoms with Gasteiger partial charge >= 0.3 is 0 Å². The molecule has 2 aromatic carbocycles. The highest BCUT2D eigenvalue weighted by Crippen LogP contribution is 2.37. The lowest BCUT2D eigenvalue weighted by molar-refractivity contribution is -0.118. The fourth-order valence-corrected chi connectivity index (χ4v) is 5.42. The van der Waals surface area contributed by atoms with E-state index in [1.807, 2.05) is 0 Å². The van der Waals surface area contributed by atoms with Crippen LogP contribution in [-0.4, -0.2) is 46.9 Å². The number of carbonyl (C=O) groups excluding carboxylic acids is 1. The zero-order valence-corrected chi connectivity index (χ0v) is 18.3. The predicted octanol–water partition coefficient (Wildman–Crippen LogP) is 3.04. The van der Waals surface area contributed by atoms with Crippen molar-refractivity contribution in [1.29, 1.82) is 0 Å². The van der Waals surface area contributed by atoms with Crippen molar-refractivity contribution in [3.05, 3.63) is 42.5 Å². The van der Waals surface area contributed by atoms with E-state index in [-0.39, 0.29) is 6.42 Å². The Morgan fingerprint density at radius 1 is 1.00 bits per heavy atom. The van der Waals surface area contributed by atoms with E-state index in [1.165, 1.54) is 25.4 Å². The SMILES string of the molecule is COc1ccc(N2CCCC(C)(C(=O)Nc3ccc(OC)c(OC)c3)S2(=O)=O)cc1. The van der Waals surface area contributed by atoms with E-state index in [1.54, 1.807) is 49.6 Å². The van der Waals surface area contributed by atoms with Crippen LogP contribution in [0, 0.1) is 0 Å². The first-order valence-corrected chi connectivity index (χ1v) is 10.9. The Morgan fingerprint density at radius 2 is 1.67 bits per heavy atom. The van der Waals surface area contributed by atoms with Crippen LogP contribution < -0.4 is 23.8 Å². The average Bonchev–Trinajstić information content (AvgIpc) is 2.75. The zero-order valence-electron chi connectivity index (χ0n) is 17.5. The van der Waals surface area contributed by atoms with Gasteiger partial charge in [-0.1, -0.05) is 0 Å². The van der Waals surface area contributed by atoms with Crippen molar-refractivity contribution in [1.82, 2.24) is 0 Å². The Labute approximate surface area is 176 Å². The van der Waals surface area contributed by atoms with E-state index in [4.69, 9.17) is 14.2 Å². The summed E-state index contributed by atoms with van der Waals surface area (Å²) in [5.74, 6) is 0.986. The molecule has 2 aromatic rings. The molecule has 1 fully saturated rings. The second-order valence-corrected chi connectivity index (χ2v) is 9.43. The summed E-state index contributed by atoms with van der Waals surface area (Å²) in [5.41, 5.74) is 0.927. The largest absolute Gasteiger partial charge is 0.497 e. The number of benzene rings is 2. The molecule has 0 radical (unpaired) electrons. The van der Waals surface area contributed by atoms with E-state index in [2.05, 4.69) is 5.32 Å². The molecule has 1 atom stereocenters. The number of hydrogen-bond donors (Lipinski definition) is 1. The van der Waals surface area contributed by atoms with Gasteiger partial charge in [-0.15, -0.1) is 0 Å². The Morgan fingerprint density at radius 3 is 2.27 bits per heavy atom. The molecule has 1 unspecified atom stereocenters. The van der Waals surface area contributed by atoms with Gasteiger partial charge in [-0.05, 0) is 56.2 Å². The van der Waals surface area contributed by atoms with Gasteiger partial charge in [0.05, 0.1) is 27.0 Å². The summed E-state index contributed by atoms with van der Waals surface area (Å²) < 4.78 is 42.1. The molecular formula is C21H26N2O6S. The summed E-state index contributed by atoms with van der Waals surface area (Å²) >= 11 is 0. The number of nitrogens with zero attached hydrogens (tertiary/aromatic N) is 1. The molecule has 0 saturated carbocycles. The molecule has 0 bridgehead atoms. The second-order valence-electron chi connectivity index (χ2n) is 7.13. The third-order valence-corrected chi connectivity index (χ3v) is 7.86. The highest BCUT2D eigenvalue weighted by atomic mass is 32.2. The molecule has 1 heterocycles. The minimum Gasteiger partial charge on any atom is -0.497 e. The summed E-state index contributed by atoms with van der Waals surface area (Å²) in [6.45, 7) is 1.78. The summed E-state index contributed by atoms with van der Waals surface area (Å²) in [5, 5.41) is 2.72. The second kappa shape index (κ2) is 8.43. The number of ether oxygens (including phenoxy) is 3. The van der Waals surface area contributed by atoms with Crippen LogP contribution in [-0.2, 0) is 14.8 Å². The maximum Gasteiger partial charge on any atom is 0.249 e. The van der Waals surface area contributed by atoms with E-state index in [0.29, 0.717) is 41.6 Å². The summed E-state index contributed by atoms with van der Waals surface area (Å²) in [7, 11) is 0.587. The van der Waals surface area contributed by atoms with Crippen LogP contribution in [0.25, 0.3) is 0 Å². The van der Waals surface area contributed by atoms with E-state index in [0.717, 1.165) is 0 Å². The van der Waals surface area contributed by atoms with Gasteiger partial charge in [0, 0.05) is 18.3 Å². The maximum absolute atomic E-state index is 13.4. The number of amides is 1. The molecule has 0 spiro atoms. The van der Waals surface area contributed by atoms with Gasteiger partial charge in [0.1, 0.15) is 5.75 Å². The number of methoxy groups -OCH3 is 3. The highest BCUT2D eigenvalue weighted by molar-refractivity contribution is 7.95. The molecule has 162 valence electrons. The van der Waals surface area contributed by atoms with Crippen molar-refractivity contribution in [2.24, 2.45) is 0 Å². The summed E-state index contributed by atoms with van der Waals surface area (Å²) in [6, 6.07) is 11.6. The third kappa shape index (κ3) is 3.77. The van der Waals surface area contributed by atoms with Crippen molar-refractivity contribution < 1.29 is 27.4 Å². The highest BCUT2D eigenvalue weighted by Gasteiger charge is 2.52. The van der Waals surface area contributed by atoms with Gasteiger partial charge in [-0.25, -0.2) is 8.42 Å². The minimum absolute atomic E-state index is 0.223. The molecule has 1 N–H and O–H groups in total. The Balaban J connectivity index is 1.88. The van der Waals surface area contributed by atoms with E-state index < -0.39 is 20.7 Å². The smallest absolute Gasteiger partial charge is 0.249 e. The molecule has 9 heteroatoms. The average molecular weight is 435 g/mol. The molecule has 0 aliphatic carbocycles. The van der Waals surface area contributed by atoms with Crippen molar-refractivity contribution in [3.63, 3.8) is 0 Å². The Hall–Kier alpha value is -2.94. The third-order valence-electron chi connectivity index (χ3n) is 5.36. The maximum atomic E-state index is 13.4. The number of anilines is 2. The molecule has 1 aliphatic heterocycles.